The quantitative estimate of drug-likeness (QED) is 0.814. The molecule has 0 radical (unpaired) electrons. The average Bonchev–Trinajstić information content (AvgIpc) is 2.58. The number of carbonyl (C=O) groups is 1. The molecule has 1 heterocycles. The van der Waals surface area contributed by atoms with Crippen molar-refractivity contribution < 1.29 is 14.6 Å². The first kappa shape index (κ1) is 16.6. The van der Waals surface area contributed by atoms with Crippen LogP contribution in [0.25, 0.3) is 6.08 Å². The summed E-state index contributed by atoms with van der Waals surface area (Å²) in [5.74, 6) is 0.731. The van der Waals surface area contributed by atoms with Crippen LogP contribution in [-0.4, -0.2) is 30.8 Å². The molecule has 0 aliphatic carbocycles. The SMILES string of the molecule is CCC(CC)(CCO)CNC(=O)C1=Cc2ccccc2OC1. The van der Waals surface area contributed by atoms with Crippen LogP contribution in [0.3, 0.4) is 0 Å². The molecule has 1 aromatic carbocycles. The predicted molar refractivity (Wildman–Crippen MR) is 87.6 cm³/mol. The van der Waals surface area contributed by atoms with Gasteiger partial charge in [-0.2, -0.15) is 0 Å². The van der Waals surface area contributed by atoms with Crippen molar-refractivity contribution in [2.24, 2.45) is 5.41 Å². The van der Waals surface area contributed by atoms with Crippen molar-refractivity contribution in [2.45, 2.75) is 33.1 Å². The molecule has 0 spiro atoms. The lowest BCUT2D eigenvalue weighted by Crippen LogP contribution is -2.39. The number of nitrogens with one attached hydrogen (secondary N) is 1. The zero-order valence-corrected chi connectivity index (χ0v) is 13.4. The molecular formula is C18H25NO3. The summed E-state index contributed by atoms with van der Waals surface area (Å²) < 4.78 is 5.62. The van der Waals surface area contributed by atoms with Crippen LogP contribution in [0.15, 0.2) is 29.8 Å². The van der Waals surface area contributed by atoms with E-state index in [-0.39, 0.29) is 17.9 Å². The molecule has 4 nitrogen and oxygen atoms in total. The second-order valence-electron chi connectivity index (χ2n) is 5.86. The number of ether oxygens (including phenoxy) is 1. The van der Waals surface area contributed by atoms with Crippen molar-refractivity contribution >= 4 is 12.0 Å². The maximum absolute atomic E-state index is 12.4. The standard InChI is InChI=1S/C18H25NO3/c1-3-18(4-2,9-10-20)13-19-17(21)15-11-14-7-5-6-8-16(14)22-12-15/h5-8,11,20H,3-4,9-10,12-13H2,1-2H3,(H,19,21). The molecule has 0 aromatic heterocycles. The number of aliphatic hydroxyl groups excluding tert-OH is 1. The topological polar surface area (TPSA) is 58.6 Å². The normalized spacial score (nSPS) is 13.9. The van der Waals surface area contributed by atoms with E-state index in [1.807, 2.05) is 30.3 Å². The fourth-order valence-electron chi connectivity index (χ4n) is 2.81. The predicted octanol–water partition coefficient (Wildman–Crippen LogP) is 2.77. The Hall–Kier alpha value is -1.81. The van der Waals surface area contributed by atoms with E-state index in [1.165, 1.54) is 0 Å². The van der Waals surface area contributed by atoms with E-state index in [0.717, 1.165) is 24.2 Å². The molecule has 0 saturated carbocycles. The Morgan fingerprint density at radius 1 is 1.32 bits per heavy atom. The smallest absolute Gasteiger partial charge is 0.250 e. The second-order valence-corrected chi connectivity index (χ2v) is 5.86. The van der Waals surface area contributed by atoms with Gasteiger partial charge in [-0.3, -0.25) is 4.79 Å². The van der Waals surface area contributed by atoms with E-state index < -0.39 is 0 Å². The minimum absolute atomic E-state index is 0.0294. The fraction of sp³-hybridized carbons (Fsp3) is 0.500. The Kier molecular flexibility index (Phi) is 5.61. The van der Waals surface area contributed by atoms with Crippen molar-refractivity contribution in [3.8, 4) is 5.75 Å². The highest BCUT2D eigenvalue weighted by atomic mass is 16.5. The van der Waals surface area contributed by atoms with E-state index >= 15 is 0 Å². The fourth-order valence-corrected chi connectivity index (χ4v) is 2.81. The summed E-state index contributed by atoms with van der Waals surface area (Å²) in [5.41, 5.74) is 1.55. The lowest BCUT2D eigenvalue weighted by Gasteiger charge is -2.31. The largest absolute Gasteiger partial charge is 0.488 e. The molecule has 22 heavy (non-hydrogen) atoms. The first-order chi connectivity index (χ1) is 10.6. The van der Waals surface area contributed by atoms with Gasteiger partial charge in [0.2, 0.25) is 0 Å². The maximum atomic E-state index is 12.4. The molecule has 0 unspecified atom stereocenters. The van der Waals surface area contributed by atoms with Gasteiger partial charge in [-0.15, -0.1) is 0 Å². The van der Waals surface area contributed by atoms with Crippen molar-refractivity contribution in [1.29, 1.82) is 0 Å². The van der Waals surface area contributed by atoms with Gasteiger partial charge in [-0.25, -0.2) is 0 Å². The zero-order valence-electron chi connectivity index (χ0n) is 13.4. The number of para-hydroxylation sites is 1. The van der Waals surface area contributed by atoms with Crippen LogP contribution in [0.5, 0.6) is 5.75 Å². The van der Waals surface area contributed by atoms with Gasteiger partial charge in [0, 0.05) is 18.7 Å². The van der Waals surface area contributed by atoms with Crippen molar-refractivity contribution in [2.75, 3.05) is 19.8 Å². The van der Waals surface area contributed by atoms with Crippen LogP contribution in [0, 0.1) is 5.41 Å². The first-order valence-corrected chi connectivity index (χ1v) is 7.95. The third-order valence-corrected chi connectivity index (χ3v) is 4.69. The lowest BCUT2D eigenvalue weighted by atomic mass is 9.79. The zero-order chi connectivity index (χ0) is 16.0. The van der Waals surface area contributed by atoms with E-state index in [9.17, 15) is 9.90 Å². The maximum Gasteiger partial charge on any atom is 0.250 e. The van der Waals surface area contributed by atoms with Crippen LogP contribution >= 0.6 is 0 Å². The third-order valence-electron chi connectivity index (χ3n) is 4.69. The molecule has 0 saturated heterocycles. The Balaban J connectivity index is 2.03. The van der Waals surface area contributed by atoms with Crippen molar-refractivity contribution in [3.05, 3.63) is 35.4 Å². The molecular weight excluding hydrogens is 278 g/mol. The molecule has 4 heteroatoms. The first-order valence-electron chi connectivity index (χ1n) is 7.95. The van der Waals surface area contributed by atoms with Crippen LogP contribution in [0.4, 0.5) is 0 Å². The van der Waals surface area contributed by atoms with Gasteiger partial charge in [0.25, 0.3) is 5.91 Å². The number of fused-ring (bicyclic) bond motifs is 1. The van der Waals surface area contributed by atoms with Crippen LogP contribution in [0.2, 0.25) is 0 Å². The molecule has 2 N–H and O–H groups in total. The number of rotatable bonds is 7. The van der Waals surface area contributed by atoms with Crippen LogP contribution < -0.4 is 10.1 Å². The Morgan fingerprint density at radius 3 is 2.73 bits per heavy atom. The molecule has 2 rings (SSSR count). The highest BCUT2D eigenvalue weighted by Gasteiger charge is 2.27. The molecule has 1 amide bonds. The van der Waals surface area contributed by atoms with Gasteiger partial charge >= 0.3 is 0 Å². The van der Waals surface area contributed by atoms with Gasteiger partial charge < -0.3 is 15.2 Å². The molecule has 0 fully saturated rings. The van der Waals surface area contributed by atoms with E-state index in [1.54, 1.807) is 0 Å². The number of amides is 1. The Labute approximate surface area is 132 Å². The number of aliphatic hydroxyl groups is 1. The summed E-state index contributed by atoms with van der Waals surface area (Å²) in [5, 5.41) is 12.3. The highest BCUT2D eigenvalue weighted by molar-refractivity contribution is 5.99. The monoisotopic (exact) mass is 303 g/mol. The van der Waals surface area contributed by atoms with Gasteiger partial charge in [-0.05, 0) is 36.8 Å². The second kappa shape index (κ2) is 7.45. The van der Waals surface area contributed by atoms with E-state index in [4.69, 9.17) is 4.74 Å². The summed E-state index contributed by atoms with van der Waals surface area (Å²) in [4.78, 5) is 12.4. The summed E-state index contributed by atoms with van der Waals surface area (Å²) in [6.07, 6.45) is 4.46. The minimum atomic E-state index is -0.0845. The minimum Gasteiger partial charge on any atom is -0.488 e. The number of hydrogen-bond acceptors (Lipinski definition) is 3. The summed E-state index contributed by atoms with van der Waals surface area (Å²) in [6, 6.07) is 7.69. The van der Waals surface area contributed by atoms with Gasteiger partial charge in [0.15, 0.2) is 0 Å². The summed E-state index contributed by atoms with van der Waals surface area (Å²) >= 11 is 0. The van der Waals surface area contributed by atoms with E-state index in [0.29, 0.717) is 25.1 Å². The highest BCUT2D eigenvalue weighted by Crippen LogP contribution is 2.30. The number of benzene rings is 1. The molecule has 0 bridgehead atoms. The number of hydrogen-bond donors (Lipinski definition) is 2. The van der Waals surface area contributed by atoms with Gasteiger partial charge in [0.1, 0.15) is 12.4 Å². The molecule has 120 valence electrons. The van der Waals surface area contributed by atoms with Crippen molar-refractivity contribution in [3.63, 3.8) is 0 Å². The summed E-state index contributed by atoms with van der Waals surface area (Å²) in [6.45, 7) is 5.23. The van der Waals surface area contributed by atoms with Crippen LogP contribution in [0.1, 0.15) is 38.7 Å². The summed E-state index contributed by atoms with van der Waals surface area (Å²) in [7, 11) is 0. The van der Waals surface area contributed by atoms with E-state index in [2.05, 4.69) is 19.2 Å². The van der Waals surface area contributed by atoms with Gasteiger partial charge in [0.05, 0.1) is 5.57 Å². The Morgan fingerprint density at radius 2 is 2.05 bits per heavy atom. The Bertz CT molecular complexity index is 547. The molecule has 1 aliphatic rings. The lowest BCUT2D eigenvalue weighted by molar-refractivity contribution is -0.118. The van der Waals surface area contributed by atoms with Crippen molar-refractivity contribution in [1.82, 2.24) is 5.32 Å². The molecule has 1 aliphatic heterocycles. The van der Waals surface area contributed by atoms with Gasteiger partial charge in [-0.1, -0.05) is 32.0 Å². The molecule has 1 aromatic rings. The third kappa shape index (κ3) is 3.69. The molecule has 0 atom stereocenters. The number of carbonyl (C=O) groups excluding carboxylic acids is 1. The van der Waals surface area contributed by atoms with Crippen LogP contribution in [-0.2, 0) is 4.79 Å². The average molecular weight is 303 g/mol.